The fraction of sp³-hybridized carbons (Fsp3) is 1.00. The Labute approximate surface area is 101 Å². The van der Waals surface area contributed by atoms with Crippen LogP contribution >= 0.6 is 15.9 Å². The van der Waals surface area contributed by atoms with E-state index < -0.39 is 0 Å². The first-order valence-corrected chi connectivity index (χ1v) is 6.56. The van der Waals surface area contributed by atoms with Crippen molar-refractivity contribution in [3.63, 3.8) is 0 Å². The van der Waals surface area contributed by atoms with Crippen molar-refractivity contribution in [3.05, 3.63) is 0 Å². The molecule has 4 heteroatoms. The lowest BCUT2D eigenvalue weighted by molar-refractivity contribution is 0.0237. The molecule has 0 aromatic rings. The van der Waals surface area contributed by atoms with Gasteiger partial charge in [-0.3, -0.25) is 0 Å². The maximum absolute atomic E-state index is 5.65. The standard InChI is InChI=1S/C11H21BrO3/c1-11(2)10(15-11)5-4-9(8-12)14-7-6-13-3/h9-10H,4-8H2,1-3H3. The van der Waals surface area contributed by atoms with Crippen molar-refractivity contribution in [2.45, 2.75) is 44.5 Å². The minimum absolute atomic E-state index is 0.101. The molecule has 90 valence electrons. The zero-order chi connectivity index (χ0) is 11.3. The number of alkyl halides is 1. The van der Waals surface area contributed by atoms with E-state index in [0.29, 0.717) is 19.3 Å². The number of rotatable bonds is 8. The van der Waals surface area contributed by atoms with E-state index in [9.17, 15) is 0 Å². The Morgan fingerprint density at radius 2 is 2.07 bits per heavy atom. The molecule has 1 saturated heterocycles. The Hall–Kier alpha value is 0.360. The minimum atomic E-state index is 0.101. The maximum Gasteiger partial charge on any atom is 0.0892 e. The number of halogens is 1. The summed E-state index contributed by atoms with van der Waals surface area (Å²) in [4.78, 5) is 0. The summed E-state index contributed by atoms with van der Waals surface area (Å²) in [5.74, 6) is 0. The van der Waals surface area contributed by atoms with E-state index in [1.54, 1.807) is 7.11 Å². The predicted octanol–water partition coefficient (Wildman–Crippen LogP) is 2.37. The molecule has 1 aliphatic heterocycles. The monoisotopic (exact) mass is 280 g/mol. The second-order valence-corrected chi connectivity index (χ2v) is 5.07. The largest absolute Gasteiger partial charge is 0.382 e. The van der Waals surface area contributed by atoms with Gasteiger partial charge in [-0.05, 0) is 26.7 Å². The third-order valence-electron chi connectivity index (χ3n) is 2.73. The summed E-state index contributed by atoms with van der Waals surface area (Å²) in [5, 5.41) is 0.879. The molecule has 0 bridgehead atoms. The first kappa shape index (κ1) is 13.4. The van der Waals surface area contributed by atoms with Gasteiger partial charge in [-0.15, -0.1) is 0 Å². The van der Waals surface area contributed by atoms with Gasteiger partial charge in [0.25, 0.3) is 0 Å². The molecule has 0 aromatic heterocycles. The molecule has 15 heavy (non-hydrogen) atoms. The number of hydrogen-bond donors (Lipinski definition) is 0. The van der Waals surface area contributed by atoms with Gasteiger partial charge in [0.15, 0.2) is 0 Å². The SMILES string of the molecule is COCCOC(CBr)CCC1OC1(C)C. The first-order chi connectivity index (χ1) is 7.10. The lowest BCUT2D eigenvalue weighted by atomic mass is 10.0. The Morgan fingerprint density at radius 1 is 1.40 bits per heavy atom. The second-order valence-electron chi connectivity index (χ2n) is 4.43. The first-order valence-electron chi connectivity index (χ1n) is 5.44. The third kappa shape index (κ3) is 4.81. The van der Waals surface area contributed by atoms with Crippen LogP contribution in [0.15, 0.2) is 0 Å². The van der Waals surface area contributed by atoms with Crippen LogP contribution in [0.5, 0.6) is 0 Å². The molecule has 1 rings (SSSR count). The number of epoxide rings is 1. The third-order valence-corrected chi connectivity index (χ3v) is 3.45. The number of hydrogen-bond acceptors (Lipinski definition) is 3. The molecule has 0 spiro atoms. The molecule has 0 aromatic carbocycles. The van der Waals surface area contributed by atoms with E-state index in [-0.39, 0.29) is 11.7 Å². The van der Waals surface area contributed by atoms with E-state index in [4.69, 9.17) is 14.2 Å². The van der Waals surface area contributed by atoms with Crippen molar-refractivity contribution in [2.75, 3.05) is 25.7 Å². The smallest absolute Gasteiger partial charge is 0.0892 e. The van der Waals surface area contributed by atoms with Crippen molar-refractivity contribution in [2.24, 2.45) is 0 Å². The summed E-state index contributed by atoms with van der Waals surface area (Å²) in [5.41, 5.74) is 0.101. The Kier molecular flexibility index (Phi) is 5.53. The van der Waals surface area contributed by atoms with Crippen LogP contribution < -0.4 is 0 Å². The van der Waals surface area contributed by atoms with Gasteiger partial charge in [-0.1, -0.05) is 15.9 Å². The molecule has 0 saturated carbocycles. The number of ether oxygens (including phenoxy) is 3. The molecule has 1 fully saturated rings. The fourth-order valence-corrected chi connectivity index (χ4v) is 2.09. The van der Waals surface area contributed by atoms with Gasteiger partial charge in [-0.2, -0.15) is 0 Å². The van der Waals surface area contributed by atoms with Crippen molar-refractivity contribution in [3.8, 4) is 0 Å². The lowest BCUT2D eigenvalue weighted by Gasteiger charge is -2.14. The Balaban J connectivity index is 2.06. The van der Waals surface area contributed by atoms with E-state index in [0.717, 1.165) is 18.2 Å². The fourth-order valence-electron chi connectivity index (χ4n) is 1.58. The molecule has 0 N–H and O–H groups in total. The molecule has 2 atom stereocenters. The van der Waals surface area contributed by atoms with E-state index in [1.807, 2.05) is 0 Å². The second kappa shape index (κ2) is 6.18. The van der Waals surface area contributed by atoms with Gasteiger partial charge < -0.3 is 14.2 Å². The predicted molar refractivity (Wildman–Crippen MR) is 63.6 cm³/mol. The number of methoxy groups -OCH3 is 1. The summed E-state index contributed by atoms with van der Waals surface area (Å²) in [6.07, 6.45) is 2.82. The normalized spacial score (nSPS) is 25.2. The van der Waals surface area contributed by atoms with Gasteiger partial charge in [0.1, 0.15) is 0 Å². The van der Waals surface area contributed by atoms with E-state index in [2.05, 4.69) is 29.8 Å². The van der Waals surface area contributed by atoms with Crippen molar-refractivity contribution in [1.82, 2.24) is 0 Å². The molecule has 0 aliphatic carbocycles. The van der Waals surface area contributed by atoms with E-state index in [1.165, 1.54) is 0 Å². The van der Waals surface area contributed by atoms with Crippen LogP contribution in [0, 0.1) is 0 Å². The molecule has 3 nitrogen and oxygen atoms in total. The van der Waals surface area contributed by atoms with Crippen molar-refractivity contribution < 1.29 is 14.2 Å². The van der Waals surface area contributed by atoms with Crippen molar-refractivity contribution in [1.29, 1.82) is 0 Å². The summed E-state index contributed by atoms with van der Waals surface area (Å²) in [7, 11) is 1.69. The molecular weight excluding hydrogens is 260 g/mol. The van der Waals surface area contributed by atoms with Crippen LogP contribution in [0.2, 0.25) is 0 Å². The highest BCUT2D eigenvalue weighted by molar-refractivity contribution is 9.09. The van der Waals surface area contributed by atoms with Crippen molar-refractivity contribution >= 4 is 15.9 Å². The summed E-state index contributed by atoms with van der Waals surface area (Å²) >= 11 is 3.46. The Bertz CT molecular complexity index is 185. The van der Waals surface area contributed by atoms with Crippen LogP contribution in [0.1, 0.15) is 26.7 Å². The van der Waals surface area contributed by atoms with Gasteiger partial charge in [-0.25, -0.2) is 0 Å². The van der Waals surface area contributed by atoms with Gasteiger partial charge in [0.2, 0.25) is 0 Å². The van der Waals surface area contributed by atoms with Gasteiger partial charge in [0, 0.05) is 12.4 Å². The molecule has 2 unspecified atom stereocenters. The van der Waals surface area contributed by atoms with E-state index >= 15 is 0 Å². The summed E-state index contributed by atoms with van der Waals surface area (Å²) in [6, 6.07) is 0. The van der Waals surface area contributed by atoms with Crippen LogP contribution in [-0.2, 0) is 14.2 Å². The maximum atomic E-state index is 5.65. The van der Waals surface area contributed by atoms with Gasteiger partial charge >= 0.3 is 0 Å². The average Bonchev–Trinajstić information content (AvgIpc) is 2.80. The lowest BCUT2D eigenvalue weighted by Crippen LogP contribution is -2.19. The average molecular weight is 281 g/mol. The van der Waals surface area contributed by atoms with Gasteiger partial charge in [0.05, 0.1) is 31.0 Å². The molecular formula is C11H21BrO3. The highest BCUT2D eigenvalue weighted by atomic mass is 79.9. The quantitative estimate of drug-likeness (QED) is 0.389. The zero-order valence-electron chi connectivity index (χ0n) is 9.79. The van der Waals surface area contributed by atoms with Crippen LogP contribution in [0.3, 0.4) is 0 Å². The molecule has 0 radical (unpaired) electrons. The topological polar surface area (TPSA) is 31.0 Å². The minimum Gasteiger partial charge on any atom is -0.382 e. The highest BCUT2D eigenvalue weighted by Gasteiger charge is 2.47. The van der Waals surface area contributed by atoms with Crippen LogP contribution in [0.25, 0.3) is 0 Å². The summed E-state index contributed by atoms with van der Waals surface area (Å²) in [6.45, 7) is 5.59. The molecule has 0 amide bonds. The molecule has 1 heterocycles. The van der Waals surface area contributed by atoms with Crippen LogP contribution in [-0.4, -0.2) is 43.5 Å². The Morgan fingerprint density at radius 3 is 2.53 bits per heavy atom. The highest BCUT2D eigenvalue weighted by Crippen LogP contribution is 2.38. The molecule has 1 aliphatic rings. The summed E-state index contributed by atoms with van der Waals surface area (Å²) < 4.78 is 16.1. The van der Waals surface area contributed by atoms with Crippen LogP contribution in [0.4, 0.5) is 0 Å². The zero-order valence-corrected chi connectivity index (χ0v) is 11.4.